The number of hydrogen-bond acceptors (Lipinski definition) is 4. The van der Waals surface area contributed by atoms with Gasteiger partial charge in [-0.1, -0.05) is 5.21 Å². The molecular formula is C15H18N6O. The average molecular weight is 298 g/mol. The highest BCUT2D eigenvalue weighted by atomic mass is 16.5. The monoisotopic (exact) mass is 298 g/mol. The zero-order valence-corrected chi connectivity index (χ0v) is 12.2. The molecule has 3 aromatic heterocycles. The van der Waals surface area contributed by atoms with Crippen LogP contribution in [0.3, 0.4) is 0 Å². The molecule has 7 nitrogen and oxygen atoms in total. The molecule has 0 radical (unpaired) electrons. The molecule has 1 atom stereocenters. The third-order valence-corrected chi connectivity index (χ3v) is 3.90. The fourth-order valence-corrected chi connectivity index (χ4v) is 2.75. The zero-order valence-electron chi connectivity index (χ0n) is 12.2. The predicted octanol–water partition coefficient (Wildman–Crippen LogP) is 2.22. The van der Waals surface area contributed by atoms with Gasteiger partial charge in [-0.2, -0.15) is 0 Å². The van der Waals surface area contributed by atoms with E-state index >= 15 is 0 Å². The number of ether oxygens (including phenoxy) is 1. The van der Waals surface area contributed by atoms with Gasteiger partial charge in [-0.3, -0.25) is 0 Å². The topological polar surface area (TPSA) is 73.5 Å². The van der Waals surface area contributed by atoms with Crippen LogP contribution in [0.2, 0.25) is 0 Å². The fraction of sp³-hybridized carbons (Fsp3) is 0.400. The molecule has 1 aliphatic rings. The summed E-state index contributed by atoms with van der Waals surface area (Å²) in [5.74, 6) is 0.865. The van der Waals surface area contributed by atoms with Crippen molar-refractivity contribution in [3.63, 3.8) is 0 Å². The van der Waals surface area contributed by atoms with Gasteiger partial charge in [0.1, 0.15) is 24.3 Å². The Bertz CT molecular complexity index is 723. The van der Waals surface area contributed by atoms with Crippen LogP contribution >= 0.6 is 0 Å². The average Bonchev–Trinajstić information content (AvgIpc) is 3.30. The smallest absolute Gasteiger partial charge is 0.133 e. The summed E-state index contributed by atoms with van der Waals surface area (Å²) in [6.07, 6.45) is 13.2. The maximum Gasteiger partial charge on any atom is 0.133 e. The van der Waals surface area contributed by atoms with Crippen molar-refractivity contribution in [3.8, 4) is 11.3 Å². The van der Waals surface area contributed by atoms with E-state index in [0.29, 0.717) is 6.54 Å². The highest BCUT2D eigenvalue weighted by Crippen LogP contribution is 2.25. The van der Waals surface area contributed by atoms with E-state index in [1.54, 1.807) is 17.1 Å². The summed E-state index contributed by atoms with van der Waals surface area (Å²) in [4.78, 5) is 7.26. The number of rotatable bonds is 4. The third-order valence-electron chi connectivity index (χ3n) is 3.90. The van der Waals surface area contributed by atoms with Gasteiger partial charge in [0.15, 0.2) is 0 Å². The van der Waals surface area contributed by atoms with E-state index in [9.17, 15) is 0 Å². The first-order chi connectivity index (χ1) is 10.9. The molecule has 7 heteroatoms. The molecule has 4 heterocycles. The fourth-order valence-electron chi connectivity index (χ4n) is 2.75. The molecule has 22 heavy (non-hydrogen) atoms. The first-order valence-electron chi connectivity index (χ1n) is 7.56. The summed E-state index contributed by atoms with van der Waals surface area (Å²) in [6, 6.07) is 2.05. The maximum absolute atomic E-state index is 5.80. The molecule has 0 spiro atoms. The van der Waals surface area contributed by atoms with E-state index in [0.717, 1.165) is 36.5 Å². The second kappa shape index (κ2) is 5.76. The zero-order chi connectivity index (χ0) is 14.8. The minimum absolute atomic E-state index is 0.153. The largest absolute Gasteiger partial charge is 0.358 e. The molecule has 0 bridgehead atoms. The van der Waals surface area contributed by atoms with E-state index in [2.05, 4.69) is 43.3 Å². The standard InChI is InChI=1S/C15H18N6O/c1-2-8-22-15(3-1)20-7-4-12(9-20)13-10-21(19-18-13)11-14-16-5-6-17-14/h4-7,9-10,15H,1-3,8,11H2,(H,16,17). The Morgan fingerprint density at radius 3 is 3.14 bits per heavy atom. The number of aromatic nitrogens is 6. The van der Waals surface area contributed by atoms with Crippen molar-refractivity contribution in [3.05, 3.63) is 42.9 Å². The molecule has 0 saturated carbocycles. The highest BCUT2D eigenvalue weighted by molar-refractivity contribution is 5.56. The Balaban J connectivity index is 1.50. The van der Waals surface area contributed by atoms with Crippen LogP contribution in [0.15, 0.2) is 37.1 Å². The summed E-state index contributed by atoms with van der Waals surface area (Å²) < 4.78 is 9.70. The van der Waals surface area contributed by atoms with Crippen LogP contribution in [0.4, 0.5) is 0 Å². The number of nitrogens with zero attached hydrogens (tertiary/aromatic N) is 5. The van der Waals surface area contributed by atoms with E-state index in [1.165, 1.54) is 6.42 Å². The van der Waals surface area contributed by atoms with Gasteiger partial charge in [0.05, 0.1) is 6.20 Å². The van der Waals surface area contributed by atoms with Gasteiger partial charge in [-0.25, -0.2) is 9.67 Å². The van der Waals surface area contributed by atoms with Crippen LogP contribution in [0.5, 0.6) is 0 Å². The Kier molecular flexibility index (Phi) is 3.48. The molecular weight excluding hydrogens is 280 g/mol. The van der Waals surface area contributed by atoms with E-state index in [-0.39, 0.29) is 6.23 Å². The van der Waals surface area contributed by atoms with Gasteiger partial charge in [0.25, 0.3) is 0 Å². The number of hydrogen-bond donors (Lipinski definition) is 1. The van der Waals surface area contributed by atoms with Crippen molar-refractivity contribution in [2.45, 2.75) is 32.0 Å². The van der Waals surface area contributed by atoms with Crippen LogP contribution < -0.4 is 0 Å². The number of H-pyrrole nitrogens is 1. The SMILES string of the molecule is c1c[nH]c(Cn2cc(-c3ccn(C4CCCCO4)c3)nn2)n1. The van der Waals surface area contributed by atoms with Gasteiger partial charge >= 0.3 is 0 Å². The van der Waals surface area contributed by atoms with Crippen molar-refractivity contribution in [2.24, 2.45) is 0 Å². The summed E-state index contributed by atoms with van der Waals surface area (Å²) in [5.41, 5.74) is 1.92. The van der Waals surface area contributed by atoms with E-state index in [1.807, 2.05) is 6.20 Å². The summed E-state index contributed by atoms with van der Waals surface area (Å²) >= 11 is 0. The molecule has 0 aromatic carbocycles. The summed E-state index contributed by atoms with van der Waals surface area (Å²) in [7, 11) is 0. The highest BCUT2D eigenvalue weighted by Gasteiger charge is 2.16. The predicted molar refractivity (Wildman–Crippen MR) is 80.0 cm³/mol. The Morgan fingerprint density at radius 1 is 1.32 bits per heavy atom. The maximum atomic E-state index is 5.80. The van der Waals surface area contributed by atoms with Gasteiger partial charge in [-0.05, 0) is 25.3 Å². The molecule has 1 unspecified atom stereocenters. The van der Waals surface area contributed by atoms with Crippen molar-refractivity contribution >= 4 is 0 Å². The Hall–Kier alpha value is -2.41. The lowest BCUT2D eigenvalue weighted by molar-refractivity contribution is -0.0317. The molecule has 1 fully saturated rings. The van der Waals surface area contributed by atoms with Crippen LogP contribution in [-0.4, -0.2) is 36.1 Å². The van der Waals surface area contributed by atoms with Crippen LogP contribution in [0.1, 0.15) is 31.3 Å². The van der Waals surface area contributed by atoms with Crippen molar-refractivity contribution in [1.29, 1.82) is 0 Å². The minimum Gasteiger partial charge on any atom is -0.358 e. The molecule has 0 amide bonds. The Labute approximate surface area is 127 Å². The summed E-state index contributed by atoms with van der Waals surface area (Å²) in [6.45, 7) is 1.43. The van der Waals surface area contributed by atoms with Crippen LogP contribution in [0, 0.1) is 0 Å². The van der Waals surface area contributed by atoms with Crippen molar-refractivity contribution < 1.29 is 4.74 Å². The first-order valence-corrected chi connectivity index (χ1v) is 7.56. The van der Waals surface area contributed by atoms with Crippen LogP contribution in [0.25, 0.3) is 11.3 Å². The lowest BCUT2D eigenvalue weighted by Crippen LogP contribution is -2.16. The molecule has 4 rings (SSSR count). The van der Waals surface area contributed by atoms with Crippen molar-refractivity contribution in [2.75, 3.05) is 6.61 Å². The second-order valence-corrected chi connectivity index (χ2v) is 5.51. The van der Waals surface area contributed by atoms with Crippen molar-refractivity contribution in [1.82, 2.24) is 29.5 Å². The summed E-state index contributed by atoms with van der Waals surface area (Å²) in [5, 5.41) is 8.40. The number of nitrogens with one attached hydrogen (secondary N) is 1. The van der Waals surface area contributed by atoms with Gasteiger partial charge in [0.2, 0.25) is 0 Å². The quantitative estimate of drug-likeness (QED) is 0.801. The second-order valence-electron chi connectivity index (χ2n) is 5.51. The lowest BCUT2D eigenvalue weighted by atomic mass is 10.2. The molecule has 3 aromatic rings. The number of aromatic amines is 1. The van der Waals surface area contributed by atoms with Crippen LogP contribution in [-0.2, 0) is 11.3 Å². The first kappa shape index (κ1) is 13.3. The Morgan fingerprint density at radius 2 is 2.32 bits per heavy atom. The minimum atomic E-state index is 0.153. The normalized spacial score (nSPS) is 18.6. The third kappa shape index (κ3) is 2.67. The number of imidazole rings is 1. The van der Waals surface area contributed by atoms with Gasteiger partial charge in [-0.15, -0.1) is 5.10 Å². The molecule has 114 valence electrons. The van der Waals surface area contributed by atoms with Gasteiger partial charge < -0.3 is 14.3 Å². The van der Waals surface area contributed by atoms with E-state index < -0.39 is 0 Å². The van der Waals surface area contributed by atoms with Gasteiger partial charge in [0, 0.05) is 37.0 Å². The molecule has 1 aliphatic heterocycles. The van der Waals surface area contributed by atoms with E-state index in [4.69, 9.17) is 4.74 Å². The molecule has 0 aliphatic carbocycles. The molecule has 1 N–H and O–H groups in total. The lowest BCUT2D eigenvalue weighted by Gasteiger charge is -2.23. The molecule has 1 saturated heterocycles.